The smallest absolute Gasteiger partial charge is 0.0408 e. The van der Waals surface area contributed by atoms with E-state index in [4.69, 9.17) is 11.6 Å². The van der Waals surface area contributed by atoms with E-state index in [0.717, 1.165) is 28.9 Å². The topological polar surface area (TPSA) is 12.0 Å². The van der Waals surface area contributed by atoms with E-state index in [-0.39, 0.29) is 0 Å². The SMILES string of the molecule is CCC1CCC(NC2CC(c3cccc(Cl)c3)C2)C1C. The Morgan fingerprint density at radius 2 is 2.05 bits per heavy atom. The van der Waals surface area contributed by atoms with Gasteiger partial charge in [-0.3, -0.25) is 0 Å². The van der Waals surface area contributed by atoms with Gasteiger partial charge in [-0.2, -0.15) is 0 Å². The molecule has 2 heteroatoms. The Morgan fingerprint density at radius 3 is 2.70 bits per heavy atom. The first-order valence-corrected chi connectivity index (χ1v) is 8.56. The van der Waals surface area contributed by atoms with Crippen molar-refractivity contribution in [1.82, 2.24) is 5.32 Å². The van der Waals surface area contributed by atoms with Crippen molar-refractivity contribution in [3.63, 3.8) is 0 Å². The van der Waals surface area contributed by atoms with Gasteiger partial charge in [0.1, 0.15) is 0 Å². The molecule has 1 aromatic carbocycles. The van der Waals surface area contributed by atoms with Crippen LogP contribution in [0.1, 0.15) is 57.4 Å². The van der Waals surface area contributed by atoms with Crippen molar-refractivity contribution in [2.45, 2.75) is 64.0 Å². The molecular weight excluding hydrogens is 266 g/mol. The van der Waals surface area contributed by atoms with Crippen LogP contribution in [0.4, 0.5) is 0 Å². The molecule has 1 N–H and O–H groups in total. The summed E-state index contributed by atoms with van der Waals surface area (Å²) in [5.74, 6) is 2.51. The van der Waals surface area contributed by atoms with Crippen LogP contribution in [-0.2, 0) is 0 Å². The molecule has 0 saturated heterocycles. The highest BCUT2D eigenvalue weighted by Crippen LogP contribution is 2.40. The minimum atomic E-state index is 0.713. The largest absolute Gasteiger partial charge is 0.311 e. The van der Waals surface area contributed by atoms with Gasteiger partial charge < -0.3 is 5.32 Å². The summed E-state index contributed by atoms with van der Waals surface area (Å²) in [7, 11) is 0. The molecule has 110 valence electrons. The van der Waals surface area contributed by atoms with E-state index >= 15 is 0 Å². The maximum Gasteiger partial charge on any atom is 0.0408 e. The third kappa shape index (κ3) is 2.89. The Balaban J connectivity index is 1.49. The van der Waals surface area contributed by atoms with Crippen molar-refractivity contribution in [3.8, 4) is 0 Å². The number of halogens is 1. The average Bonchev–Trinajstić information content (AvgIpc) is 2.74. The zero-order chi connectivity index (χ0) is 14.1. The van der Waals surface area contributed by atoms with Gasteiger partial charge in [-0.1, -0.05) is 44.0 Å². The zero-order valence-electron chi connectivity index (χ0n) is 12.6. The molecule has 2 aliphatic carbocycles. The van der Waals surface area contributed by atoms with Crippen LogP contribution in [0.15, 0.2) is 24.3 Å². The first kappa shape index (κ1) is 14.4. The van der Waals surface area contributed by atoms with Crippen LogP contribution in [-0.4, -0.2) is 12.1 Å². The number of hydrogen-bond acceptors (Lipinski definition) is 1. The fourth-order valence-corrected chi connectivity index (χ4v) is 4.35. The predicted octanol–water partition coefficient (Wildman–Crippen LogP) is 5.00. The lowest BCUT2D eigenvalue weighted by molar-refractivity contribution is 0.235. The van der Waals surface area contributed by atoms with Crippen LogP contribution in [0.3, 0.4) is 0 Å². The molecule has 20 heavy (non-hydrogen) atoms. The highest BCUT2D eigenvalue weighted by molar-refractivity contribution is 6.30. The molecule has 1 nitrogen and oxygen atoms in total. The van der Waals surface area contributed by atoms with Gasteiger partial charge in [0.25, 0.3) is 0 Å². The monoisotopic (exact) mass is 291 g/mol. The molecular formula is C18H26ClN. The minimum absolute atomic E-state index is 0.713. The summed E-state index contributed by atoms with van der Waals surface area (Å²) in [5, 5.41) is 4.78. The molecule has 0 spiro atoms. The standard InChI is InChI=1S/C18H26ClN/c1-3-13-7-8-18(12(13)2)20-17-10-15(11-17)14-5-4-6-16(19)9-14/h4-6,9,12-13,15,17-18,20H,3,7-8,10-11H2,1-2H3. The Bertz CT molecular complexity index is 452. The molecule has 1 aromatic rings. The van der Waals surface area contributed by atoms with Crippen molar-refractivity contribution >= 4 is 11.6 Å². The van der Waals surface area contributed by atoms with E-state index in [2.05, 4.69) is 37.4 Å². The lowest BCUT2D eigenvalue weighted by Crippen LogP contribution is -2.46. The van der Waals surface area contributed by atoms with Gasteiger partial charge in [0.05, 0.1) is 0 Å². The molecule has 3 rings (SSSR count). The Labute approximate surface area is 128 Å². The molecule has 2 aliphatic rings. The molecule has 0 aromatic heterocycles. The summed E-state index contributed by atoms with van der Waals surface area (Å²) < 4.78 is 0. The highest BCUT2D eigenvalue weighted by Gasteiger charge is 2.36. The second-order valence-corrected chi connectivity index (χ2v) is 7.23. The summed E-state index contributed by atoms with van der Waals surface area (Å²) in [6, 6.07) is 9.87. The second kappa shape index (κ2) is 6.07. The van der Waals surface area contributed by atoms with E-state index in [1.807, 2.05) is 6.07 Å². The van der Waals surface area contributed by atoms with Crippen LogP contribution < -0.4 is 5.32 Å². The van der Waals surface area contributed by atoms with Crippen molar-refractivity contribution in [1.29, 1.82) is 0 Å². The highest BCUT2D eigenvalue weighted by atomic mass is 35.5. The van der Waals surface area contributed by atoms with Crippen molar-refractivity contribution in [2.24, 2.45) is 11.8 Å². The molecule has 0 heterocycles. The number of rotatable bonds is 4. The Kier molecular flexibility index (Phi) is 4.37. The molecule has 2 saturated carbocycles. The second-order valence-electron chi connectivity index (χ2n) is 6.80. The first-order chi connectivity index (χ1) is 9.67. The minimum Gasteiger partial charge on any atom is -0.311 e. The lowest BCUT2D eigenvalue weighted by Gasteiger charge is -2.39. The quantitative estimate of drug-likeness (QED) is 0.823. The van der Waals surface area contributed by atoms with E-state index in [1.54, 1.807) is 0 Å². The maximum absolute atomic E-state index is 6.08. The van der Waals surface area contributed by atoms with Crippen LogP contribution in [0.25, 0.3) is 0 Å². The van der Waals surface area contributed by atoms with Crippen molar-refractivity contribution in [2.75, 3.05) is 0 Å². The Hall–Kier alpha value is -0.530. The summed E-state index contributed by atoms with van der Waals surface area (Å²) >= 11 is 6.08. The van der Waals surface area contributed by atoms with Crippen LogP contribution in [0, 0.1) is 11.8 Å². The average molecular weight is 292 g/mol. The van der Waals surface area contributed by atoms with Crippen LogP contribution >= 0.6 is 11.6 Å². The first-order valence-electron chi connectivity index (χ1n) is 8.19. The molecule has 2 fully saturated rings. The van der Waals surface area contributed by atoms with Gasteiger partial charge in [-0.25, -0.2) is 0 Å². The summed E-state index contributed by atoms with van der Waals surface area (Å²) in [5.41, 5.74) is 1.42. The van der Waals surface area contributed by atoms with Gasteiger partial charge >= 0.3 is 0 Å². The number of nitrogens with one attached hydrogen (secondary N) is 1. The van der Waals surface area contributed by atoms with Gasteiger partial charge in [0.15, 0.2) is 0 Å². The van der Waals surface area contributed by atoms with Gasteiger partial charge in [0.2, 0.25) is 0 Å². The van der Waals surface area contributed by atoms with Crippen LogP contribution in [0.5, 0.6) is 0 Å². The summed E-state index contributed by atoms with van der Waals surface area (Å²) in [6.07, 6.45) is 6.69. The Morgan fingerprint density at radius 1 is 1.25 bits per heavy atom. The van der Waals surface area contributed by atoms with Gasteiger partial charge in [-0.05, 0) is 61.1 Å². The summed E-state index contributed by atoms with van der Waals surface area (Å²) in [4.78, 5) is 0. The number of benzene rings is 1. The van der Waals surface area contributed by atoms with Gasteiger partial charge in [0, 0.05) is 17.1 Å². The molecule has 3 unspecified atom stereocenters. The predicted molar refractivity (Wildman–Crippen MR) is 86.3 cm³/mol. The van der Waals surface area contributed by atoms with Crippen molar-refractivity contribution < 1.29 is 0 Å². The fourth-order valence-electron chi connectivity index (χ4n) is 4.15. The third-order valence-corrected chi connectivity index (χ3v) is 5.89. The molecule has 0 aliphatic heterocycles. The molecule has 0 bridgehead atoms. The lowest BCUT2D eigenvalue weighted by atomic mass is 9.75. The molecule has 0 amide bonds. The van der Waals surface area contributed by atoms with Crippen LogP contribution in [0.2, 0.25) is 5.02 Å². The zero-order valence-corrected chi connectivity index (χ0v) is 13.4. The molecule has 3 atom stereocenters. The maximum atomic E-state index is 6.08. The normalized spacial score (nSPS) is 36.9. The third-order valence-electron chi connectivity index (χ3n) is 5.66. The summed E-state index contributed by atoms with van der Waals surface area (Å²) in [6.45, 7) is 4.77. The van der Waals surface area contributed by atoms with E-state index in [9.17, 15) is 0 Å². The van der Waals surface area contributed by atoms with E-state index in [1.165, 1.54) is 37.7 Å². The van der Waals surface area contributed by atoms with E-state index in [0.29, 0.717) is 5.92 Å². The molecule has 0 radical (unpaired) electrons. The van der Waals surface area contributed by atoms with Crippen molar-refractivity contribution in [3.05, 3.63) is 34.9 Å². The van der Waals surface area contributed by atoms with E-state index < -0.39 is 0 Å². The number of hydrogen-bond donors (Lipinski definition) is 1. The fraction of sp³-hybridized carbons (Fsp3) is 0.667. The van der Waals surface area contributed by atoms with Gasteiger partial charge in [-0.15, -0.1) is 0 Å².